The summed E-state index contributed by atoms with van der Waals surface area (Å²) < 4.78 is 5.30. The Hall–Kier alpha value is -0.570. The third kappa shape index (κ3) is 3.20. The summed E-state index contributed by atoms with van der Waals surface area (Å²) >= 11 is 0. The van der Waals surface area contributed by atoms with Crippen molar-refractivity contribution in [2.24, 2.45) is 11.3 Å². The lowest BCUT2D eigenvalue weighted by atomic mass is 9.75. The second kappa shape index (κ2) is 4.97. The van der Waals surface area contributed by atoms with Crippen molar-refractivity contribution >= 4 is 5.97 Å². The molecule has 3 heteroatoms. The molecule has 1 rings (SSSR count). The van der Waals surface area contributed by atoms with Gasteiger partial charge in [-0.05, 0) is 59.5 Å². The van der Waals surface area contributed by atoms with Crippen LogP contribution in [0.3, 0.4) is 0 Å². The Morgan fingerprint density at radius 1 is 1.47 bits per heavy atom. The molecule has 1 aliphatic rings. The molecular weight excluding hydrogens is 190 g/mol. The molecule has 1 atom stereocenters. The van der Waals surface area contributed by atoms with Gasteiger partial charge >= 0.3 is 5.97 Å². The smallest absolute Gasteiger partial charge is 0.312 e. The highest BCUT2D eigenvalue weighted by Crippen LogP contribution is 2.33. The summed E-state index contributed by atoms with van der Waals surface area (Å²) in [4.78, 5) is 11.9. The quantitative estimate of drug-likeness (QED) is 0.728. The number of nitrogens with one attached hydrogen (secondary N) is 1. The molecule has 3 nitrogen and oxygen atoms in total. The summed E-state index contributed by atoms with van der Waals surface area (Å²) in [7, 11) is 0. The van der Waals surface area contributed by atoms with Gasteiger partial charge in [0, 0.05) is 0 Å². The van der Waals surface area contributed by atoms with Gasteiger partial charge in [0.2, 0.25) is 0 Å². The van der Waals surface area contributed by atoms with Crippen LogP contribution in [0, 0.1) is 11.3 Å². The highest BCUT2D eigenvalue weighted by atomic mass is 16.5. The largest absolute Gasteiger partial charge is 0.463 e. The predicted octanol–water partition coefficient (Wildman–Crippen LogP) is 1.96. The summed E-state index contributed by atoms with van der Waals surface area (Å²) in [5.41, 5.74) is -0.363. The molecular formula is C12H23NO2. The van der Waals surface area contributed by atoms with E-state index in [-0.39, 0.29) is 17.5 Å². The van der Waals surface area contributed by atoms with Crippen LogP contribution in [0.25, 0.3) is 0 Å². The van der Waals surface area contributed by atoms with E-state index in [9.17, 15) is 4.79 Å². The number of rotatable bonds is 3. The van der Waals surface area contributed by atoms with E-state index in [1.54, 1.807) is 0 Å². The van der Waals surface area contributed by atoms with Crippen LogP contribution in [0.15, 0.2) is 0 Å². The highest BCUT2D eigenvalue weighted by molar-refractivity contribution is 5.76. The van der Waals surface area contributed by atoms with Gasteiger partial charge in [-0.25, -0.2) is 0 Å². The zero-order chi connectivity index (χ0) is 11.5. The fraction of sp³-hybridized carbons (Fsp3) is 0.917. The Labute approximate surface area is 92.6 Å². The number of hydrogen-bond acceptors (Lipinski definition) is 3. The van der Waals surface area contributed by atoms with Crippen molar-refractivity contribution in [2.45, 2.75) is 46.6 Å². The van der Waals surface area contributed by atoms with Gasteiger partial charge < -0.3 is 10.1 Å². The van der Waals surface area contributed by atoms with Crippen LogP contribution in [0.5, 0.6) is 0 Å². The normalized spacial score (nSPS) is 22.9. The minimum atomic E-state index is -0.363. The Balaban J connectivity index is 2.58. The van der Waals surface area contributed by atoms with Crippen LogP contribution in [0.4, 0.5) is 0 Å². The van der Waals surface area contributed by atoms with Gasteiger partial charge in [0.1, 0.15) is 0 Å². The second-order valence-electron chi connectivity index (χ2n) is 5.22. The summed E-state index contributed by atoms with van der Waals surface area (Å²) in [6, 6.07) is 0. The minimum absolute atomic E-state index is 0.0201. The van der Waals surface area contributed by atoms with E-state index in [0.717, 1.165) is 25.9 Å². The van der Waals surface area contributed by atoms with Crippen LogP contribution < -0.4 is 5.32 Å². The van der Waals surface area contributed by atoms with Crippen LogP contribution in [0.1, 0.15) is 40.5 Å². The lowest BCUT2D eigenvalue weighted by Crippen LogP contribution is -2.43. The number of piperidine rings is 1. The first-order chi connectivity index (χ1) is 6.94. The maximum absolute atomic E-state index is 11.9. The van der Waals surface area contributed by atoms with Crippen LogP contribution in [-0.2, 0) is 9.53 Å². The number of carbonyl (C=O) groups is 1. The van der Waals surface area contributed by atoms with Crippen molar-refractivity contribution in [1.29, 1.82) is 0 Å². The van der Waals surface area contributed by atoms with Crippen molar-refractivity contribution in [3.05, 3.63) is 0 Å². The molecule has 1 fully saturated rings. The van der Waals surface area contributed by atoms with Gasteiger partial charge in [-0.3, -0.25) is 4.79 Å². The molecule has 0 bridgehead atoms. The molecule has 1 N–H and O–H groups in total. The third-order valence-electron chi connectivity index (χ3n) is 3.19. The van der Waals surface area contributed by atoms with Crippen LogP contribution >= 0.6 is 0 Å². The lowest BCUT2D eigenvalue weighted by Gasteiger charge is -2.35. The standard InChI is InChI=1S/C12H23NO2/c1-9(2)15-11(14)12(3,4)10-6-5-7-13-8-10/h9-10,13H,5-8H2,1-4H3. The molecule has 0 aliphatic carbocycles. The van der Waals surface area contributed by atoms with E-state index in [0.29, 0.717) is 5.92 Å². The molecule has 0 aromatic heterocycles. The predicted molar refractivity (Wildman–Crippen MR) is 60.6 cm³/mol. The number of esters is 1. The van der Waals surface area contributed by atoms with E-state index in [1.807, 2.05) is 27.7 Å². The Morgan fingerprint density at radius 3 is 2.60 bits per heavy atom. The van der Waals surface area contributed by atoms with E-state index >= 15 is 0 Å². The molecule has 0 saturated carbocycles. The third-order valence-corrected chi connectivity index (χ3v) is 3.19. The summed E-state index contributed by atoms with van der Waals surface area (Å²) in [5, 5.41) is 3.34. The van der Waals surface area contributed by atoms with E-state index in [1.165, 1.54) is 0 Å². The summed E-state index contributed by atoms with van der Waals surface area (Å²) in [5.74, 6) is 0.337. The van der Waals surface area contributed by atoms with Gasteiger partial charge in [0.05, 0.1) is 11.5 Å². The first-order valence-electron chi connectivity index (χ1n) is 5.86. The Kier molecular flexibility index (Phi) is 4.14. The molecule has 0 spiro atoms. The number of hydrogen-bond donors (Lipinski definition) is 1. The van der Waals surface area contributed by atoms with Gasteiger partial charge in [0.25, 0.3) is 0 Å². The molecule has 1 saturated heterocycles. The van der Waals surface area contributed by atoms with E-state index in [2.05, 4.69) is 5.32 Å². The van der Waals surface area contributed by atoms with Gasteiger partial charge in [-0.2, -0.15) is 0 Å². The fourth-order valence-electron chi connectivity index (χ4n) is 2.00. The molecule has 15 heavy (non-hydrogen) atoms. The summed E-state index contributed by atoms with van der Waals surface area (Å²) in [6.07, 6.45) is 2.25. The van der Waals surface area contributed by atoms with Crippen molar-refractivity contribution in [1.82, 2.24) is 5.32 Å². The fourth-order valence-corrected chi connectivity index (χ4v) is 2.00. The van der Waals surface area contributed by atoms with Gasteiger partial charge in [-0.15, -0.1) is 0 Å². The zero-order valence-electron chi connectivity index (χ0n) is 10.3. The molecule has 0 radical (unpaired) electrons. The lowest BCUT2D eigenvalue weighted by molar-refractivity contribution is -0.161. The molecule has 1 heterocycles. The van der Waals surface area contributed by atoms with Crippen molar-refractivity contribution < 1.29 is 9.53 Å². The Bertz CT molecular complexity index is 218. The average Bonchev–Trinajstić information content (AvgIpc) is 2.18. The van der Waals surface area contributed by atoms with Crippen LogP contribution in [-0.4, -0.2) is 25.2 Å². The molecule has 0 amide bonds. The Morgan fingerprint density at radius 2 is 2.13 bits per heavy atom. The maximum atomic E-state index is 11.9. The van der Waals surface area contributed by atoms with Gasteiger partial charge in [0.15, 0.2) is 0 Å². The minimum Gasteiger partial charge on any atom is -0.463 e. The maximum Gasteiger partial charge on any atom is 0.312 e. The second-order valence-corrected chi connectivity index (χ2v) is 5.22. The SMILES string of the molecule is CC(C)OC(=O)C(C)(C)C1CCCNC1. The zero-order valence-corrected chi connectivity index (χ0v) is 10.3. The van der Waals surface area contributed by atoms with Crippen LogP contribution in [0.2, 0.25) is 0 Å². The first kappa shape index (κ1) is 12.5. The van der Waals surface area contributed by atoms with E-state index < -0.39 is 0 Å². The van der Waals surface area contributed by atoms with Crippen molar-refractivity contribution in [2.75, 3.05) is 13.1 Å². The first-order valence-corrected chi connectivity index (χ1v) is 5.86. The number of ether oxygens (including phenoxy) is 1. The molecule has 1 unspecified atom stereocenters. The molecule has 1 aliphatic heterocycles. The van der Waals surface area contributed by atoms with Crippen molar-refractivity contribution in [3.8, 4) is 0 Å². The van der Waals surface area contributed by atoms with Crippen molar-refractivity contribution in [3.63, 3.8) is 0 Å². The molecule has 0 aromatic rings. The summed E-state index contributed by atoms with van der Waals surface area (Å²) in [6.45, 7) is 9.79. The highest BCUT2D eigenvalue weighted by Gasteiger charge is 2.38. The topological polar surface area (TPSA) is 38.3 Å². The molecule has 0 aromatic carbocycles. The van der Waals surface area contributed by atoms with E-state index in [4.69, 9.17) is 4.74 Å². The average molecular weight is 213 g/mol. The monoisotopic (exact) mass is 213 g/mol. The number of carbonyl (C=O) groups excluding carboxylic acids is 1. The molecule has 88 valence electrons. The van der Waals surface area contributed by atoms with Gasteiger partial charge in [-0.1, -0.05) is 0 Å².